The van der Waals surface area contributed by atoms with Gasteiger partial charge in [0.1, 0.15) is 25.0 Å². The summed E-state index contributed by atoms with van der Waals surface area (Å²) in [4.78, 5) is 58.1. The molecular formula is C24H26N6O9. The molecule has 15 nitrogen and oxygen atoms in total. The lowest BCUT2D eigenvalue weighted by atomic mass is 10.1. The topological polar surface area (TPSA) is 187 Å². The summed E-state index contributed by atoms with van der Waals surface area (Å²) in [7, 11) is 0. The van der Waals surface area contributed by atoms with Gasteiger partial charge in [0.25, 0.3) is 5.69 Å². The molecular weight excluding hydrogens is 516 g/mol. The van der Waals surface area contributed by atoms with E-state index in [1.165, 1.54) is 39.2 Å². The van der Waals surface area contributed by atoms with Gasteiger partial charge in [0.2, 0.25) is 17.7 Å². The third-order valence-corrected chi connectivity index (χ3v) is 5.71. The molecule has 1 N–H and O–H groups in total. The molecule has 3 aromatic rings. The molecule has 1 fully saturated rings. The Bertz CT molecular complexity index is 1390. The number of esters is 2. The highest BCUT2D eigenvalue weighted by atomic mass is 16.6. The highest BCUT2D eigenvalue weighted by Gasteiger charge is 2.40. The van der Waals surface area contributed by atoms with Gasteiger partial charge in [-0.05, 0) is 5.56 Å². The van der Waals surface area contributed by atoms with Gasteiger partial charge in [-0.2, -0.15) is 9.97 Å². The summed E-state index contributed by atoms with van der Waals surface area (Å²) in [6.45, 7) is 3.90. The number of imidazole rings is 1. The molecule has 0 radical (unpaired) electrons. The SMILES string of the molecule is CC(=O)Nc1nc(OCCc2ccc([N+](=O)[O-])cc2)c2ncn([C@H]3C[C@H](OC(C)=O)[C@@H](COC(C)=O)O3)c2n1. The van der Waals surface area contributed by atoms with E-state index in [1.807, 2.05) is 0 Å². The van der Waals surface area contributed by atoms with Crippen LogP contribution >= 0.6 is 0 Å². The molecule has 0 bridgehead atoms. The molecule has 1 saturated heterocycles. The smallest absolute Gasteiger partial charge is 0.303 e. The molecule has 1 aliphatic heterocycles. The molecule has 0 aliphatic carbocycles. The summed E-state index contributed by atoms with van der Waals surface area (Å²) in [6.07, 6.45) is 0.0322. The fourth-order valence-electron chi connectivity index (χ4n) is 4.02. The number of anilines is 1. The second-order valence-corrected chi connectivity index (χ2v) is 8.69. The third-order valence-electron chi connectivity index (χ3n) is 5.71. The lowest BCUT2D eigenvalue weighted by molar-refractivity contribution is -0.384. The Labute approximate surface area is 221 Å². The largest absolute Gasteiger partial charge is 0.476 e. The summed E-state index contributed by atoms with van der Waals surface area (Å²) in [5.41, 5.74) is 1.39. The van der Waals surface area contributed by atoms with Crippen molar-refractivity contribution in [1.82, 2.24) is 19.5 Å². The van der Waals surface area contributed by atoms with Crippen molar-refractivity contribution in [1.29, 1.82) is 0 Å². The number of nitrogens with one attached hydrogen (secondary N) is 1. The molecule has 206 valence electrons. The first-order valence-corrected chi connectivity index (χ1v) is 11.9. The van der Waals surface area contributed by atoms with Crippen LogP contribution in [0.4, 0.5) is 11.6 Å². The molecule has 0 saturated carbocycles. The number of nitrogens with zero attached hydrogens (tertiary/aromatic N) is 5. The molecule has 0 unspecified atom stereocenters. The standard InChI is InChI=1S/C24H26N6O9/c1-13(31)26-24-27-22-21(23(28-24)36-9-8-16-4-6-17(7-5-16)30(34)35)25-12-29(22)20-10-18(38-15(3)33)19(39-20)11-37-14(2)32/h4-7,12,18-20H,8-11H2,1-3H3,(H,26,27,28,31)/t18-,19+,20+/m0/s1. The number of non-ortho nitro benzene ring substituents is 1. The summed E-state index contributed by atoms with van der Waals surface area (Å²) < 4.78 is 23.9. The average Bonchev–Trinajstić information content (AvgIpc) is 3.46. The molecule has 3 heterocycles. The number of hydrogen-bond acceptors (Lipinski definition) is 12. The number of amides is 1. The van der Waals surface area contributed by atoms with Crippen molar-refractivity contribution in [2.45, 2.75) is 52.0 Å². The van der Waals surface area contributed by atoms with Gasteiger partial charge in [-0.25, -0.2) is 4.98 Å². The lowest BCUT2D eigenvalue weighted by Crippen LogP contribution is -2.31. The summed E-state index contributed by atoms with van der Waals surface area (Å²) >= 11 is 0. The number of carbonyl (C=O) groups is 3. The molecule has 1 aromatic carbocycles. The Kier molecular flexibility index (Phi) is 8.29. The molecule has 2 aromatic heterocycles. The molecule has 4 rings (SSSR count). The summed E-state index contributed by atoms with van der Waals surface area (Å²) in [5.74, 6) is -1.32. The first kappa shape index (κ1) is 27.4. The molecule has 1 aliphatic rings. The average molecular weight is 543 g/mol. The number of rotatable bonds is 10. The fourth-order valence-corrected chi connectivity index (χ4v) is 4.02. The number of benzene rings is 1. The number of aromatic nitrogens is 4. The molecule has 0 spiro atoms. The second-order valence-electron chi connectivity index (χ2n) is 8.69. The van der Waals surface area contributed by atoms with E-state index in [2.05, 4.69) is 20.3 Å². The number of nitro groups is 1. The predicted octanol–water partition coefficient (Wildman–Crippen LogP) is 2.10. The lowest BCUT2D eigenvalue weighted by Gasteiger charge is -2.17. The van der Waals surface area contributed by atoms with Gasteiger partial charge in [-0.3, -0.25) is 34.4 Å². The summed E-state index contributed by atoms with van der Waals surface area (Å²) in [5, 5.41) is 13.4. The minimum Gasteiger partial charge on any atom is -0.476 e. The van der Waals surface area contributed by atoms with Crippen LogP contribution in [0.5, 0.6) is 5.88 Å². The fraction of sp³-hybridized carbons (Fsp3) is 0.417. The Morgan fingerprint density at radius 3 is 2.54 bits per heavy atom. The van der Waals surface area contributed by atoms with Crippen LogP contribution in [-0.4, -0.2) is 67.7 Å². The molecule has 1 amide bonds. The zero-order chi connectivity index (χ0) is 28.1. The summed E-state index contributed by atoms with van der Waals surface area (Å²) in [6, 6.07) is 6.10. The minimum absolute atomic E-state index is 0.0113. The Morgan fingerprint density at radius 1 is 1.15 bits per heavy atom. The van der Waals surface area contributed by atoms with E-state index in [0.29, 0.717) is 17.6 Å². The number of nitro benzene ring substituents is 1. The maximum Gasteiger partial charge on any atom is 0.303 e. The van der Waals surface area contributed by atoms with E-state index in [0.717, 1.165) is 5.56 Å². The third kappa shape index (κ3) is 6.81. The van der Waals surface area contributed by atoms with Crippen molar-refractivity contribution in [3.05, 3.63) is 46.3 Å². The first-order valence-electron chi connectivity index (χ1n) is 11.9. The van der Waals surface area contributed by atoms with E-state index in [-0.39, 0.29) is 37.2 Å². The van der Waals surface area contributed by atoms with Crippen molar-refractivity contribution >= 4 is 40.6 Å². The highest BCUT2D eigenvalue weighted by Crippen LogP contribution is 2.34. The van der Waals surface area contributed by atoms with E-state index in [4.69, 9.17) is 18.9 Å². The zero-order valence-corrected chi connectivity index (χ0v) is 21.4. The van der Waals surface area contributed by atoms with Gasteiger partial charge in [0.15, 0.2) is 11.2 Å². The number of hydrogen-bond donors (Lipinski definition) is 1. The van der Waals surface area contributed by atoms with Crippen LogP contribution in [0.1, 0.15) is 39.0 Å². The van der Waals surface area contributed by atoms with Crippen LogP contribution in [0.25, 0.3) is 11.2 Å². The van der Waals surface area contributed by atoms with Gasteiger partial charge in [0.05, 0.1) is 17.9 Å². The van der Waals surface area contributed by atoms with Crippen LogP contribution in [0.3, 0.4) is 0 Å². The van der Waals surface area contributed by atoms with Gasteiger partial charge in [0, 0.05) is 45.7 Å². The van der Waals surface area contributed by atoms with E-state index in [9.17, 15) is 24.5 Å². The van der Waals surface area contributed by atoms with Gasteiger partial charge in [-0.15, -0.1) is 0 Å². The Morgan fingerprint density at radius 2 is 1.90 bits per heavy atom. The van der Waals surface area contributed by atoms with Crippen LogP contribution in [0, 0.1) is 10.1 Å². The number of carbonyl (C=O) groups excluding carboxylic acids is 3. The van der Waals surface area contributed by atoms with Crippen LogP contribution < -0.4 is 10.1 Å². The Balaban J connectivity index is 1.57. The van der Waals surface area contributed by atoms with Gasteiger partial charge < -0.3 is 18.9 Å². The quantitative estimate of drug-likeness (QED) is 0.224. The minimum atomic E-state index is -0.714. The monoisotopic (exact) mass is 542 g/mol. The van der Waals surface area contributed by atoms with E-state index >= 15 is 0 Å². The number of ether oxygens (including phenoxy) is 4. The van der Waals surface area contributed by atoms with Gasteiger partial charge >= 0.3 is 11.9 Å². The molecule has 3 atom stereocenters. The number of fused-ring (bicyclic) bond motifs is 1. The second kappa shape index (κ2) is 11.8. The van der Waals surface area contributed by atoms with Crippen molar-refractivity contribution < 1.29 is 38.3 Å². The maximum atomic E-state index is 11.7. The zero-order valence-electron chi connectivity index (χ0n) is 21.4. The van der Waals surface area contributed by atoms with Crippen LogP contribution in [-0.2, 0) is 35.0 Å². The van der Waals surface area contributed by atoms with Gasteiger partial charge in [-0.1, -0.05) is 12.1 Å². The van der Waals surface area contributed by atoms with E-state index in [1.54, 1.807) is 16.7 Å². The molecule has 39 heavy (non-hydrogen) atoms. The van der Waals surface area contributed by atoms with E-state index < -0.39 is 41.2 Å². The van der Waals surface area contributed by atoms with Crippen molar-refractivity contribution in [3.63, 3.8) is 0 Å². The highest BCUT2D eigenvalue weighted by molar-refractivity contribution is 5.88. The van der Waals surface area contributed by atoms with Crippen molar-refractivity contribution in [3.8, 4) is 5.88 Å². The normalized spacial score (nSPS) is 18.5. The van der Waals surface area contributed by atoms with Crippen LogP contribution in [0.2, 0.25) is 0 Å². The van der Waals surface area contributed by atoms with Crippen molar-refractivity contribution in [2.75, 3.05) is 18.5 Å². The Hall–Kier alpha value is -4.66. The first-order chi connectivity index (χ1) is 18.6. The molecule has 15 heteroatoms. The maximum absolute atomic E-state index is 11.7. The predicted molar refractivity (Wildman–Crippen MR) is 133 cm³/mol. The van der Waals surface area contributed by atoms with Crippen LogP contribution in [0.15, 0.2) is 30.6 Å². The van der Waals surface area contributed by atoms with Crippen molar-refractivity contribution in [2.24, 2.45) is 0 Å².